The number of nitrogens with one attached hydrogen (secondary N) is 1. The van der Waals surface area contributed by atoms with Crippen LogP contribution in [0.5, 0.6) is 0 Å². The van der Waals surface area contributed by atoms with E-state index in [1.54, 1.807) is 6.92 Å². The number of halogens is 5. The highest BCUT2D eigenvalue weighted by Crippen LogP contribution is 2.36. The van der Waals surface area contributed by atoms with Gasteiger partial charge in [-0.3, -0.25) is 0 Å². The quantitative estimate of drug-likeness (QED) is 0.747. The first kappa shape index (κ1) is 20.1. The molecule has 0 aliphatic heterocycles. The average Bonchev–Trinajstić information content (AvgIpc) is 2.53. The van der Waals surface area contributed by atoms with Crippen molar-refractivity contribution in [2.24, 2.45) is 5.14 Å². The van der Waals surface area contributed by atoms with Gasteiger partial charge in [0.1, 0.15) is 11.6 Å². The van der Waals surface area contributed by atoms with Crippen LogP contribution >= 0.6 is 0 Å². The maximum absolute atomic E-state index is 13.9. The summed E-state index contributed by atoms with van der Waals surface area (Å²) in [6.45, 7) is 1.63. The van der Waals surface area contributed by atoms with Crippen LogP contribution in [0.3, 0.4) is 0 Å². The van der Waals surface area contributed by atoms with E-state index in [1.807, 2.05) is 0 Å². The van der Waals surface area contributed by atoms with E-state index in [2.05, 4.69) is 5.32 Å². The number of anilines is 1. The van der Waals surface area contributed by atoms with Gasteiger partial charge in [0.15, 0.2) is 0 Å². The van der Waals surface area contributed by atoms with Crippen LogP contribution in [0.15, 0.2) is 41.3 Å². The van der Waals surface area contributed by atoms with Crippen LogP contribution in [-0.2, 0) is 16.2 Å². The van der Waals surface area contributed by atoms with Crippen molar-refractivity contribution >= 4 is 15.7 Å². The van der Waals surface area contributed by atoms with Gasteiger partial charge < -0.3 is 5.32 Å². The molecule has 1 atom stereocenters. The van der Waals surface area contributed by atoms with Crippen molar-refractivity contribution < 1.29 is 30.4 Å². The Morgan fingerprint density at radius 3 is 2.31 bits per heavy atom. The monoisotopic (exact) mass is 394 g/mol. The van der Waals surface area contributed by atoms with Crippen molar-refractivity contribution in [3.05, 3.63) is 59.2 Å². The highest BCUT2D eigenvalue weighted by Gasteiger charge is 2.36. The van der Waals surface area contributed by atoms with Gasteiger partial charge >= 0.3 is 6.18 Å². The van der Waals surface area contributed by atoms with Crippen molar-refractivity contribution in [2.75, 3.05) is 5.32 Å². The van der Waals surface area contributed by atoms with Crippen LogP contribution < -0.4 is 10.5 Å². The van der Waals surface area contributed by atoms with Crippen molar-refractivity contribution in [1.82, 2.24) is 0 Å². The molecule has 0 saturated heterocycles. The van der Waals surface area contributed by atoms with Crippen LogP contribution in [-0.4, -0.2) is 8.42 Å². The van der Waals surface area contributed by atoms with Gasteiger partial charge in [0.25, 0.3) is 0 Å². The Hall–Kier alpha value is -2.20. The topological polar surface area (TPSA) is 72.2 Å². The summed E-state index contributed by atoms with van der Waals surface area (Å²) >= 11 is 0. The Labute approximate surface area is 146 Å². The molecule has 0 bridgehead atoms. The first-order valence-corrected chi connectivity index (χ1v) is 8.93. The van der Waals surface area contributed by atoms with E-state index in [0.717, 1.165) is 30.3 Å². The van der Waals surface area contributed by atoms with Crippen molar-refractivity contribution in [3.8, 4) is 0 Å². The standard InChI is InChI=1S/C16H15F5N2O2S/c1-2-14(11-7-9(17)3-5-13(11)18)23-10-4-6-15(26(22,24)25)12(8-10)16(19,20)21/h3-8,14,23H,2H2,1H3,(H2,22,24,25). The molecule has 0 aromatic heterocycles. The molecule has 1 unspecified atom stereocenters. The summed E-state index contributed by atoms with van der Waals surface area (Å²) in [6.07, 6.45) is -4.73. The molecule has 0 amide bonds. The average molecular weight is 394 g/mol. The molecule has 26 heavy (non-hydrogen) atoms. The summed E-state index contributed by atoms with van der Waals surface area (Å²) < 4.78 is 89.5. The fourth-order valence-electron chi connectivity index (χ4n) is 2.47. The highest BCUT2D eigenvalue weighted by molar-refractivity contribution is 7.89. The maximum atomic E-state index is 13.9. The molecular weight excluding hydrogens is 379 g/mol. The third kappa shape index (κ3) is 4.50. The normalized spacial score (nSPS) is 13.5. The van der Waals surface area contributed by atoms with Crippen molar-refractivity contribution in [1.29, 1.82) is 0 Å². The number of rotatable bonds is 5. The number of nitrogens with two attached hydrogens (primary N) is 1. The molecule has 0 fully saturated rings. The number of benzene rings is 2. The number of hydrogen-bond donors (Lipinski definition) is 2. The lowest BCUT2D eigenvalue weighted by atomic mass is 10.0. The first-order valence-electron chi connectivity index (χ1n) is 7.39. The van der Waals surface area contributed by atoms with E-state index < -0.39 is 44.3 Å². The number of alkyl halides is 3. The van der Waals surface area contributed by atoms with Crippen LogP contribution in [0, 0.1) is 11.6 Å². The van der Waals surface area contributed by atoms with Crippen LogP contribution in [0.1, 0.15) is 30.5 Å². The van der Waals surface area contributed by atoms with E-state index in [9.17, 15) is 30.4 Å². The minimum absolute atomic E-state index is 0.0587. The van der Waals surface area contributed by atoms with E-state index in [-0.39, 0.29) is 17.7 Å². The molecule has 0 aliphatic rings. The van der Waals surface area contributed by atoms with Crippen LogP contribution in [0.4, 0.5) is 27.6 Å². The van der Waals surface area contributed by atoms with Crippen molar-refractivity contribution in [3.63, 3.8) is 0 Å². The van der Waals surface area contributed by atoms with E-state index >= 15 is 0 Å². The Morgan fingerprint density at radius 1 is 1.12 bits per heavy atom. The third-order valence-corrected chi connectivity index (χ3v) is 4.64. The van der Waals surface area contributed by atoms with Crippen molar-refractivity contribution in [2.45, 2.75) is 30.5 Å². The van der Waals surface area contributed by atoms with E-state index in [4.69, 9.17) is 5.14 Å². The molecule has 0 heterocycles. The minimum atomic E-state index is -4.97. The van der Waals surface area contributed by atoms with Gasteiger partial charge in [-0.25, -0.2) is 22.3 Å². The van der Waals surface area contributed by atoms with E-state index in [0.29, 0.717) is 6.07 Å². The molecule has 0 saturated carbocycles. The summed E-state index contributed by atoms with van der Waals surface area (Å²) in [5.74, 6) is -1.41. The van der Waals surface area contributed by atoms with Crippen LogP contribution in [0.25, 0.3) is 0 Å². The smallest absolute Gasteiger partial charge is 0.378 e. The fourth-order valence-corrected chi connectivity index (χ4v) is 3.21. The fraction of sp³-hybridized carbons (Fsp3) is 0.250. The van der Waals surface area contributed by atoms with Gasteiger partial charge in [-0.15, -0.1) is 0 Å². The largest absolute Gasteiger partial charge is 0.417 e. The lowest BCUT2D eigenvalue weighted by molar-refractivity contribution is -0.139. The summed E-state index contributed by atoms with van der Waals surface area (Å²) in [4.78, 5) is -1.07. The summed E-state index contributed by atoms with van der Waals surface area (Å²) in [5.41, 5.74) is -1.61. The molecule has 2 aromatic rings. The number of sulfonamides is 1. The zero-order valence-corrected chi connectivity index (χ0v) is 14.3. The summed E-state index contributed by atoms with van der Waals surface area (Å²) in [6, 6.07) is 4.32. The Balaban J connectivity index is 2.47. The molecule has 10 heteroatoms. The van der Waals surface area contributed by atoms with Gasteiger partial charge in [-0.2, -0.15) is 13.2 Å². The first-order chi connectivity index (χ1) is 11.9. The highest BCUT2D eigenvalue weighted by atomic mass is 32.2. The molecule has 2 aromatic carbocycles. The van der Waals surface area contributed by atoms with Crippen LogP contribution in [0.2, 0.25) is 0 Å². The zero-order valence-electron chi connectivity index (χ0n) is 13.4. The second kappa shape index (κ2) is 7.20. The number of primary sulfonamides is 1. The SMILES string of the molecule is CCC(Nc1ccc(S(N)(=O)=O)c(C(F)(F)F)c1)c1cc(F)ccc1F. The van der Waals surface area contributed by atoms with Gasteiger partial charge in [0.05, 0.1) is 16.5 Å². The number of hydrogen-bond acceptors (Lipinski definition) is 3. The zero-order chi connectivity index (χ0) is 19.7. The lowest BCUT2D eigenvalue weighted by Gasteiger charge is -2.21. The molecule has 142 valence electrons. The Morgan fingerprint density at radius 2 is 1.77 bits per heavy atom. The molecular formula is C16H15F5N2O2S. The molecule has 0 aliphatic carbocycles. The summed E-state index contributed by atoms with van der Waals surface area (Å²) in [7, 11) is -4.59. The predicted molar refractivity (Wildman–Crippen MR) is 85.8 cm³/mol. The molecule has 3 N–H and O–H groups in total. The van der Waals surface area contributed by atoms with Gasteiger partial charge in [0.2, 0.25) is 10.0 Å². The predicted octanol–water partition coefficient (Wildman–Crippen LogP) is 4.19. The molecule has 0 radical (unpaired) electrons. The maximum Gasteiger partial charge on any atom is 0.417 e. The minimum Gasteiger partial charge on any atom is -0.378 e. The molecule has 4 nitrogen and oxygen atoms in total. The lowest BCUT2D eigenvalue weighted by Crippen LogP contribution is -2.20. The third-order valence-electron chi connectivity index (χ3n) is 3.67. The Bertz CT molecular complexity index is 913. The van der Waals surface area contributed by atoms with Gasteiger partial charge in [0, 0.05) is 11.3 Å². The van der Waals surface area contributed by atoms with E-state index in [1.165, 1.54) is 0 Å². The summed E-state index contributed by atoms with van der Waals surface area (Å²) in [5, 5.41) is 7.48. The second-order valence-electron chi connectivity index (χ2n) is 5.52. The van der Waals surface area contributed by atoms with Gasteiger partial charge in [-0.05, 0) is 42.8 Å². The molecule has 0 spiro atoms. The second-order valence-corrected chi connectivity index (χ2v) is 7.05. The van der Waals surface area contributed by atoms with Gasteiger partial charge in [-0.1, -0.05) is 6.92 Å². The Kier molecular flexibility index (Phi) is 5.57. The molecule has 2 rings (SSSR count).